The molecular weight excluding hydrogens is 498 g/mol. The molecule has 0 saturated carbocycles. The van der Waals surface area contributed by atoms with Crippen LogP contribution in [0, 0.1) is 0 Å². The first kappa shape index (κ1) is 28.1. The summed E-state index contributed by atoms with van der Waals surface area (Å²) in [4.78, 5) is 73.6. The van der Waals surface area contributed by atoms with Gasteiger partial charge < -0.3 is 14.2 Å². The van der Waals surface area contributed by atoms with Gasteiger partial charge in [-0.05, 0) is 20.8 Å². The van der Waals surface area contributed by atoms with Crippen molar-refractivity contribution in [1.82, 2.24) is 13.7 Å². The van der Waals surface area contributed by atoms with E-state index < -0.39 is 53.7 Å². The number of aromatic nitrogens is 3. The van der Waals surface area contributed by atoms with Gasteiger partial charge in [0.05, 0.1) is 14.7 Å². The van der Waals surface area contributed by atoms with Crippen molar-refractivity contribution < 1.29 is 28.6 Å². The second-order valence-electron chi connectivity index (χ2n) is 6.31. The van der Waals surface area contributed by atoms with Crippen LogP contribution >= 0.6 is 37.9 Å². The van der Waals surface area contributed by atoms with Crippen LogP contribution in [0.25, 0.3) is 0 Å². The van der Waals surface area contributed by atoms with Crippen molar-refractivity contribution in [2.45, 2.75) is 39.5 Å². The molecule has 1 aromatic heterocycles. The maximum Gasteiger partial charge on any atom is 0.345 e. The average molecular weight is 520 g/mol. The van der Waals surface area contributed by atoms with Crippen molar-refractivity contribution in [2.75, 3.05) is 0 Å². The number of rotatable bonds is 9. The third-order valence-corrected chi connectivity index (χ3v) is 4.41. The van der Waals surface area contributed by atoms with Crippen LogP contribution in [0.1, 0.15) is 39.5 Å². The van der Waals surface area contributed by atoms with Gasteiger partial charge in [0, 0.05) is 0 Å². The summed E-state index contributed by atoms with van der Waals surface area (Å²) in [6.45, 7) is 13.2. The fourth-order valence-corrected chi connectivity index (χ4v) is 2.51. The Morgan fingerprint density at radius 3 is 0.939 bits per heavy atom. The Bertz CT molecular complexity index is 1030. The Morgan fingerprint density at radius 1 is 0.606 bits per heavy atom. The van der Waals surface area contributed by atoms with E-state index >= 15 is 0 Å². The molecule has 0 spiro atoms. The van der Waals surface area contributed by atoms with E-state index in [4.69, 9.17) is 14.2 Å². The lowest BCUT2D eigenvalue weighted by atomic mass is 10.5. The fraction of sp³-hybridized carbons (Fsp3) is 0.333. The first-order valence-corrected chi connectivity index (χ1v) is 10.2. The SMILES string of the molecule is C=C(S)C(=O)OC(C)n1c(=O)n(C(C)OC(=O)C(=C)S)c(=O)n(C(C)OC(=O)C(=C)S)c1=O. The summed E-state index contributed by atoms with van der Waals surface area (Å²) in [5, 5.41) is 0. The summed E-state index contributed by atoms with van der Waals surface area (Å²) in [6.07, 6.45) is -4.74. The van der Waals surface area contributed by atoms with Gasteiger partial charge in [0.15, 0.2) is 18.7 Å². The molecule has 0 aliphatic carbocycles. The number of hydrogen-bond donors (Lipinski definition) is 3. The quantitative estimate of drug-likeness (QED) is 0.186. The highest BCUT2D eigenvalue weighted by atomic mass is 32.1. The van der Waals surface area contributed by atoms with E-state index in [0.717, 1.165) is 20.8 Å². The Morgan fingerprint density at radius 2 is 0.788 bits per heavy atom. The Balaban J connectivity index is 3.82. The zero-order valence-corrected chi connectivity index (χ0v) is 20.4. The molecule has 0 N–H and O–H groups in total. The van der Waals surface area contributed by atoms with Crippen molar-refractivity contribution in [2.24, 2.45) is 0 Å². The highest BCUT2D eigenvalue weighted by Gasteiger charge is 2.29. The number of esters is 3. The number of ether oxygens (including phenoxy) is 3. The molecule has 33 heavy (non-hydrogen) atoms. The number of carbonyl (C=O) groups excluding carboxylic acids is 3. The van der Waals surface area contributed by atoms with Crippen LogP contribution in [0.5, 0.6) is 0 Å². The zero-order valence-electron chi connectivity index (χ0n) is 17.7. The van der Waals surface area contributed by atoms with Gasteiger partial charge in [0.1, 0.15) is 0 Å². The predicted octanol–water partition coefficient (Wildman–Crippen LogP) is 0.687. The second-order valence-corrected chi connectivity index (χ2v) is 7.93. The Hall–Kier alpha value is -2.91. The molecule has 1 rings (SSSR count). The van der Waals surface area contributed by atoms with Gasteiger partial charge in [0.25, 0.3) is 0 Å². The summed E-state index contributed by atoms with van der Waals surface area (Å²) < 4.78 is 16.0. The lowest BCUT2D eigenvalue weighted by Gasteiger charge is -2.23. The number of hydrogen-bond acceptors (Lipinski definition) is 12. The monoisotopic (exact) mass is 519 g/mol. The number of carbonyl (C=O) groups is 3. The Kier molecular flexibility index (Phi) is 9.62. The first-order chi connectivity index (χ1) is 15.1. The summed E-state index contributed by atoms with van der Waals surface area (Å²) in [7, 11) is 0. The molecule has 0 aliphatic rings. The molecule has 0 radical (unpaired) electrons. The van der Waals surface area contributed by atoms with Crippen LogP contribution < -0.4 is 17.1 Å². The van der Waals surface area contributed by atoms with Gasteiger partial charge in [0.2, 0.25) is 0 Å². The van der Waals surface area contributed by atoms with Crippen LogP contribution in [0.15, 0.2) is 48.8 Å². The van der Waals surface area contributed by atoms with E-state index in [0.29, 0.717) is 13.7 Å². The zero-order chi connectivity index (χ0) is 25.8. The minimum atomic E-state index is -1.58. The maximum absolute atomic E-state index is 13.0. The van der Waals surface area contributed by atoms with E-state index in [-0.39, 0.29) is 14.7 Å². The highest BCUT2D eigenvalue weighted by Crippen LogP contribution is 2.12. The molecule has 0 aliphatic heterocycles. The number of thiol groups is 3. The summed E-state index contributed by atoms with van der Waals surface area (Å²) in [5.41, 5.74) is -3.89. The Labute approximate surface area is 203 Å². The number of nitrogens with zero attached hydrogens (tertiary/aromatic N) is 3. The van der Waals surface area contributed by atoms with E-state index in [1.165, 1.54) is 0 Å². The molecule has 180 valence electrons. The molecule has 0 amide bonds. The van der Waals surface area contributed by atoms with Gasteiger partial charge in [-0.1, -0.05) is 19.7 Å². The third-order valence-electron chi connectivity index (χ3n) is 3.87. The van der Waals surface area contributed by atoms with E-state index in [1.807, 2.05) is 0 Å². The minimum absolute atomic E-state index is 0.326. The van der Waals surface area contributed by atoms with Crippen molar-refractivity contribution >= 4 is 55.8 Å². The first-order valence-electron chi connectivity index (χ1n) is 8.87. The minimum Gasteiger partial charge on any atom is -0.437 e. The molecule has 0 bridgehead atoms. The van der Waals surface area contributed by atoms with E-state index in [2.05, 4.69) is 57.6 Å². The molecule has 1 aromatic rings. The second kappa shape index (κ2) is 11.3. The fourth-order valence-electron chi connectivity index (χ4n) is 2.35. The van der Waals surface area contributed by atoms with Gasteiger partial charge in [-0.2, -0.15) is 0 Å². The van der Waals surface area contributed by atoms with Crippen molar-refractivity contribution in [3.63, 3.8) is 0 Å². The maximum atomic E-state index is 13.0. The van der Waals surface area contributed by atoms with Crippen LogP contribution in [0.3, 0.4) is 0 Å². The van der Waals surface area contributed by atoms with Gasteiger partial charge in [-0.3, -0.25) is 0 Å². The molecule has 15 heteroatoms. The average Bonchev–Trinajstić information content (AvgIpc) is 2.67. The van der Waals surface area contributed by atoms with Gasteiger partial charge >= 0.3 is 35.0 Å². The summed E-state index contributed by atoms with van der Waals surface area (Å²) in [5.74, 6) is -3.17. The summed E-state index contributed by atoms with van der Waals surface area (Å²) in [6, 6.07) is 0. The van der Waals surface area contributed by atoms with E-state index in [9.17, 15) is 28.8 Å². The van der Waals surface area contributed by atoms with Crippen LogP contribution in [-0.2, 0) is 28.6 Å². The molecule has 0 saturated heterocycles. The molecule has 12 nitrogen and oxygen atoms in total. The van der Waals surface area contributed by atoms with Crippen molar-refractivity contribution in [3.8, 4) is 0 Å². The smallest absolute Gasteiger partial charge is 0.345 e. The van der Waals surface area contributed by atoms with Crippen LogP contribution in [-0.4, -0.2) is 31.6 Å². The molecule has 3 atom stereocenters. The lowest BCUT2D eigenvalue weighted by molar-refractivity contribution is -0.148. The van der Waals surface area contributed by atoms with E-state index in [1.54, 1.807) is 0 Å². The molecule has 0 aromatic carbocycles. The van der Waals surface area contributed by atoms with Gasteiger partial charge in [-0.15, -0.1) is 37.9 Å². The standard InChI is InChI=1S/C18H21N3O9S3/c1-7(31)13(22)28-10(4)19-16(25)20(11(5)29-14(23)8(2)32)18(27)21(17(19)26)12(6)30-15(24)9(3)33/h10-12,31-33H,1-3H2,4-6H3. The molecular formula is C18H21N3O9S3. The van der Waals surface area contributed by atoms with Crippen molar-refractivity contribution in [3.05, 3.63) is 65.9 Å². The largest absolute Gasteiger partial charge is 0.437 e. The molecule has 1 heterocycles. The van der Waals surface area contributed by atoms with Crippen molar-refractivity contribution in [1.29, 1.82) is 0 Å². The van der Waals surface area contributed by atoms with Crippen LogP contribution in [0.4, 0.5) is 0 Å². The lowest BCUT2D eigenvalue weighted by Crippen LogP contribution is -2.57. The van der Waals surface area contributed by atoms with Gasteiger partial charge in [-0.25, -0.2) is 42.5 Å². The molecule has 0 fully saturated rings. The van der Waals surface area contributed by atoms with Crippen LogP contribution in [0.2, 0.25) is 0 Å². The highest BCUT2D eigenvalue weighted by molar-refractivity contribution is 7.86. The normalized spacial score (nSPS) is 13.3. The summed E-state index contributed by atoms with van der Waals surface area (Å²) >= 11 is 11.2. The topological polar surface area (TPSA) is 145 Å². The third kappa shape index (κ3) is 6.55. The molecule has 3 unspecified atom stereocenters. The predicted molar refractivity (Wildman–Crippen MR) is 126 cm³/mol.